The number of carbonyl (C=O) groups is 2. The molecule has 2 atom stereocenters. The molecule has 3 rings (SSSR count). The molecule has 2 amide bonds. The minimum absolute atomic E-state index is 0.0274. The van der Waals surface area contributed by atoms with Gasteiger partial charge in [0.15, 0.2) is 5.69 Å². The summed E-state index contributed by atoms with van der Waals surface area (Å²) in [5.74, 6) is -0.324. The zero-order valence-corrected chi connectivity index (χ0v) is 19.7. The van der Waals surface area contributed by atoms with Crippen LogP contribution in [0, 0.1) is 0 Å². The first-order chi connectivity index (χ1) is 15.7. The molecule has 0 aliphatic carbocycles. The van der Waals surface area contributed by atoms with Crippen LogP contribution in [0.25, 0.3) is 0 Å². The first-order valence-electron chi connectivity index (χ1n) is 10.6. The fourth-order valence-corrected chi connectivity index (χ4v) is 3.41. The lowest BCUT2D eigenvalue weighted by Gasteiger charge is -2.24. The van der Waals surface area contributed by atoms with E-state index in [9.17, 15) is 22.8 Å². The fraction of sp³-hybridized carbons (Fsp3) is 0.545. The summed E-state index contributed by atoms with van der Waals surface area (Å²) in [6.07, 6.45) is -4.01. The van der Waals surface area contributed by atoms with Gasteiger partial charge in [-0.15, -0.1) is 5.10 Å². The van der Waals surface area contributed by atoms with E-state index in [0.29, 0.717) is 5.56 Å². The molecule has 1 aromatic heterocycles. The number of carbonyl (C=O) groups excluding carboxylic acids is 2. The van der Waals surface area contributed by atoms with Crippen molar-refractivity contribution in [2.24, 2.45) is 0 Å². The molecule has 0 radical (unpaired) electrons. The van der Waals surface area contributed by atoms with Crippen LogP contribution in [0.3, 0.4) is 0 Å². The molecule has 0 bridgehead atoms. The summed E-state index contributed by atoms with van der Waals surface area (Å²) in [6.45, 7) is 5.68. The van der Waals surface area contributed by atoms with Gasteiger partial charge in [0.1, 0.15) is 5.60 Å². The van der Waals surface area contributed by atoms with Crippen LogP contribution in [-0.4, -0.2) is 75.7 Å². The summed E-state index contributed by atoms with van der Waals surface area (Å²) < 4.78 is 51.4. The molecule has 12 heteroatoms. The largest absolute Gasteiger partial charge is 0.444 e. The summed E-state index contributed by atoms with van der Waals surface area (Å²) in [4.78, 5) is 27.7. The zero-order chi connectivity index (χ0) is 25.3. The van der Waals surface area contributed by atoms with Gasteiger partial charge in [-0.2, -0.15) is 13.2 Å². The Morgan fingerprint density at radius 3 is 2.32 bits per heavy atom. The van der Waals surface area contributed by atoms with Crippen molar-refractivity contribution in [3.05, 3.63) is 47.3 Å². The van der Waals surface area contributed by atoms with Crippen molar-refractivity contribution >= 4 is 12.0 Å². The maximum Gasteiger partial charge on any atom is 0.416 e. The van der Waals surface area contributed by atoms with Crippen LogP contribution in [0.15, 0.2) is 30.5 Å². The Balaban J connectivity index is 1.77. The molecule has 0 N–H and O–H groups in total. The first-order valence-corrected chi connectivity index (χ1v) is 10.6. The normalized spacial score (nSPS) is 18.8. The van der Waals surface area contributed by atoms with Gasteiger partial charge in [0.05, 0.1) is 37.1 Å². The van der Waals surface area contributed by atoms with E-state index in [-0.39, 0.29) is 31.3 Å². The van der Waals surface area contributed by atoms with E-state index in [0.717, 1.165) is 12.1 Å². The number of aromatic nitrogens is 3. The smallest absolute Gasteiger partial charge is 0.416 e. The topological polar surface area (TPSA) is 89.8 Å². The Morgan fingerprint density at radius 2 is 1.76 bits per heavy atom. The second-order valence-electron chi connectivity index (χ2n) is 9.28. The van der Waals surface area contributed by atoms with Gasteiger partial charge in [-0.1, -0.05) is 17.3 Å². The van der Waals surface area contributed by atoms with Gasteiger partial charge in [-0.25, -0.2) is 9.48 Å². The highest BCUT2D eigenvalue weighted by Gasteiger charge is 2.40. The highest BCUT2D eigenvalue weighted by Crippen LogP contribution is 2.30. The average molecular weight is 483 g/mol. The van der Waals surface area contributed by atoms with E-state index in [1.54, 1.807) is 34.9 Å². The van der Waals surface area contributed by atoms with Crippen molar-refractivity contribution in [3.8, 4) is 0 Å². The van der Waals surface area contributed by atoms with Gasteiger partial charge in [0.2, 0.25) is 0 Å². The number of likely N-dealkylation sites (tertiary alicyclic amines) is 1. The predicted molar refractivity (Wildman–Crippen MR) is 115 cm³/mol. The third-order valence-corrected chi connectivity index (χ3v) is 5.11. The van der Waals surface area contributed by atoms with Crippen LogP contribution in [0.2, 0.25) is 0 Å². The van der Waals surface area contributed by atoms with Crippen LogP contribution in [-0.2, 0) is 22.3 Å². The summed E-state index contributed by atoms with van der Waals surface area (Å²) in [7, 11) is 3.19. The summed E-state index contributed by atoms with van der Waals surface area (Å²) in [5, 5.41) is 7.97. The number of amides is 2. The Morgan fingerprint density at radius 1 is 1.12 bits per heavy atom. The van der Waals surface area contributed by atoms with E-state index in [1.165, 1.54) is 32.8 Å². The molecule has 2 unspecified atom stereocenters. The van der Waals surface area contributed by atoms with E-state index in [4.69, 9.17) is 9.47 Å². The fourth-order valence-electron chi connectivity index (χ4n) is 3.41. The van der Waals surface area contributed by atoms with Crippen LogP contribution >= 0.6 is 0 Å². The molecule has 1 aromatic carbocycles. The quantitative estimate of drug-likeness (QED) is 0.648. The number of hydrogen-bond acceptors (Lipinski definition) is 6. The van der Waals surface area contributed by atoms with Gasteiger partial charge in [0.25, 0.3) is 5.91 Å². The van der Waals surface area contributed by atoms with E-state index in [1.807, 2.05) is 0 Å². The first kappa shape index (κ1) is 25.5. The summed E-state index contributed by atoms with van der Waals surface area (Å²) in [5.41, 5.74) is -0.747. The van der Waals surface area contributed by atoms with Crippen LogP contribution in [0.5, 0.6) is 0 Å². The van der Waals surface area contributed by atoms with Gasteiger partial charge in [-0.3, -0.25) is 4.79 Å². The molecule has 1 fully saturated rings. The predicted octanol–water partition coefficient (Wildman–Crippen LogP) is 3.38. The maximum absolute atomic E-state index is 12.8. The number of halogens is 3. The number of hydrogen-bond donors (Lipinski definition) is 0. The number of rotatable bonds is 5. The van der Waals surface area contributed by atoms with Crippen LogP contribution < -0.4 is 0 Å². The molecule has 1 aliphatic rings. The molecule has 0 spiro atoms. The third kappa shape index (κ3) is 6.25. The van der Waals surface area contributed by atoms with Crippen LogP contribution in [0.1, 0.15) is 48.4 Å². The average Bonchev–Trinajstić information content (AvgIpc) is 3.37. The lowest BCUT2D eigenvalue weighted by molar-refractivity contribution is -0.137. The van der Waals surface area contributed by atoms with Crippen LogP contribution in [0.4, 0.5) is 18.0 Å². The highest BCUT2D eigenvalue weighted by atomic mass is 19.4. The van der Waals surface area contributed by atoms with Crippen molar-refractivity contribution in [3.63, 3.8) is 0 Å². The lowest BCUT2D eigenvalue weighted by atomic mass is 10.1. The number of benzene rings is 1. The number of alkyl halides is 3. The van der Waals surface area contributed by atoms with Gasteiger partial charge >= 0.3 is 12.3 Å². The zero-order valence-electron chi connectivity index (χ0n) is 19.7. The molecule has 186 valence electrons. The lowest BCUT2D eigenvalue weighted by Crippen LogP contribution is -2.36. The summed E-state index contributed by atoms with van der Waals surface area (Å²) >= 11 is 0. The Kier molecular flexibility index (Phi) is 7.20. The van der Waals surface area contributed by atoms with Crippen molar-refractivity contribution < 1.29 is 32.2 Å². The molecular weight excluding hydrogens is 455 g/mol. The minimum atomic E-state index is -4.42. The molecule has 9 nitrogen and oxygen atoms in total. The van der Waals surface area contributed by atoms with Gasteiger partial charge in [-0.05, 0) is 38.5 Å². The molecular formula is C22H28F3N5O4. The van der Waals surface area contributed by atoms with Crippen molar-refractivity contribution in [1.82, 2.24) is 24.8 Å². The SMILES string of the molecule is CN(C)C(=O)c1cn(C2CN(C(=O)OC(C)(C)C)CC2OCc2ccc(C(F)(F)F)cc2)nn1. The van der Waals surface area contributed by atoms with E-state index >= 15 is 0 Å². The van der Waals surface area contributed by atoms with Gasteiger partial charge in [0, 0.05) is 20.6 Å². The second kappa shape index (κ2) is 9.61. The van der Waals surface area contributed by atoms with E-state index in [2.05, 4.69) is 10.3 Å². The van der Waals surface area contributed by atoms with E-state index < -0.39 is 35.6 Å². The monoisotopic (exact) mass is 483 g/mol. The third-order valence-electron chi connectivity index (χ3n) is 5.11. The minimum Gasteiger partial charge on any atom is -0.444 e. The second-order valence-corrected chi connectivity index (χ2v) is 9.28. The standard InChI is InChI=1S/C22H28F3N5O4/c1-21(2,3)34-20(32)29-11-17(30-10-16(26-27-30)19(31)28(4)5)18(12-29)33-13-14-6-8-15(9-7-14)22(23,24)25/h6-10,17-18H,11-13H2,1-5H3. The van der Waals surface area contributed by atoms with Crippen molar-refractivity contribution in [2.75, 3.05) is 27.2 Å². The highest BCUT2D eigenvalue weighted by molar-refractivity contribution is 5.91. The summed E-state index contributed by atoms with van der Waals surface area (Å²) in [6, 6.07) is 4.21. The Bertz CT molecular complexity index is 1010. The number of nitrogens with zero attached hydrogens (tertiary/aromatic N) is 5. The van der Waals surface area contributed by atoms with Crippen molar-refractivity contribution in [2.45, 2.75) is 51.3 Å². The Hall–Kier alpha value is -3.15. The Labute approximate surface area is 195 Å². The van der Waals surface area contributed by atoms with Gasteiger partial charge < -0.3 is 19.3 Å². The molecule has 0 saturated carbocycles. The van der Waals surface area contributed by atoms with Crippen molar-refractivity contribution in [1.29, 1.82) is 0 Å². The molecule has 1 aliphatic heterocycles. The molecule has 1 saturated heterocycles. The molecule has 2 aromatic rings. The number of ether oxygens (including phenoxy) is 2. The molecule has 2 heterocycles. The maximum atomic E-state index is 12.8. The molecule has 34 heavy (non-hydrogen) atoms.